The second-order valence-electron chi connectivity index (χ2n) is 5.84. The number of hydrogen-bond donors (Lipinski definition) is 1. The summed E-state index contributed by atoms with van der Waals surface area (Å²) in [4.78, 5) is 16.0. The maximum Gasteiger partial charge on any atom is 0.236 e. The number of rotatable bonds is 1. The van der Waals surface area contributed by atoms with Crippen LogP contribution in [0, 0.1) is 11.8 Å². The van der Waals surface area contributed by atoms with Gasteiger partial charge in [0, 0.05) is 31.1 Å². The molecule has 2 saturated heterocycles. The number of carbonyl (C=O) groups excluding carboxylic acids is 1. The predicted molar refractivity (Wildman–Crippen MR) is 83.5 cm³/mol. The minimum atomic E-state index is 0. The maximum absolute atomic E-state index is 12.6. The van der Waals surface area contributed by atoms with Gasteiger partial charge in [-0.3, -0.25) is 4.79 Å². The summed E-state index contributed by atoms with van der Waals surface area (Å²) in [5.74, 6) is 1.74. The molecule has 1 unspecified atom stereocenters. The van der Waals surface area contributed by atoms with Gasteiger partial charge in [-0.05, 0) is 29.9 Å². The zero-order valence-electron chi connectivity index (χ0n) is 11.2. The van der Waals surface area contributed by atoms with Crippen LogP contribution in [0.1, 0.15) is 5.56 Å². The number of benzene rings is 1. The molecule has 2 fully saturated rings. The van der Waals surface area contributed by atoms with Crippen molar-refractivity contribution < 1.29 is 4.79 Å². The molecule has 0 spiro atoms. The van der Waals surface area contributed by atoms with Crippen molar-refractivity contribution in [1.29, 1.82) is 0 Å². The minimum absolute atomic E-state index is 0. The zero-order valence-corrected chi connectivity index (χ0v) is 12.9. The van der Waals surface area contributed by atoms with Crippen molar-refractivity contribution in [2.75, 3.05) is 26.2 Å². The van der Waals surface area contributed by atoms with Crippen LogP contribution in [0.4, 0.5) is 0 Å². The van der Waals surface area contributed by atoms with Crippen LogP contribution < -0.4 is 5.32 Å². The lowest BCUT2D eigenvalue weighted by Crippen LogP contribution is -2.37. The summed E-state index contributed by atoms with van der Waals surface area (Å²) < 4.78 is 0. The van der Waals surface area contributed by atoms with E-state index in [-0.39, 0.29) is 17.7 Å². The van der Waals surface area contributed by atoms with E-state index in [0.29, 0.717) is 17.7 Å². The fraction of sp³-hybridized carbons (Fsp3) is 0.533. The number of likely N-dealkylation sites (tertiary alicyclic amines) is 1. The molecule has 1 N–H and O–H groups in total. The van der Waals surface area contributed by atoms with E-state index in [1.54, 1.807) is 11.8 Å². The Morgan fingerprint density at radius 3 is 2.60 bits per heavy atom. The fourth-order valence-electron chi connectivity index (χ4n) is 3.56. The number of halogens is 1. The molecule has 20 heavy (non-hydrogen) atoms. The summed E-state index contributed by atoms with van der Waals surface area (Å²) in [6.45, 7) is 4.10. The first-order chi connectivity index (χ1) is 9.31. The summed E-state index contributed by atoms with van der Waals surface area (Å²) in [6, 6.07) is 8.41. The summed E-state index contributed by atoms with van der Waals surface area (Å²) in [7, 11) is 0. The molecule has 3 aliphatic rings. The SMILES string of the molecule is Cl.O=C(C1Cc2ccccc2S1)N1C[C@H]2CNC[C@H]2C1. The first-order valence-corrected chi connectivity index (χ1v) is 7.93. The largest absolute Gasteiger partial charge is 0.341 e. The molecule has 1 aromatic rings. The van der Waals surface area contributed by atoms with Gasteiger partial charge in [0.25, 0.3) is 0 Å². The Kier molecular flexibility index (Phi) is 3.98. The van der Waals surface area contributed by atoms with Gasteiger partial charge in [-0.2, -0.15) is 0 Å². The van der Waals surface area contributed by atoms with Gasteiger partial charge in [0.1, 0.15) is 0 Å². The Morgan fingerprint density at radius 2 is 1.90 bits per heavy atom. The number of nitrogens with zero attached hydrogens (tertiary/aromatic N) is 1. The van der Waals surface area contributed by atoms with Gasteiger partial charge >= 0.3 is 0 Å². The highest BCUT2D eigenvalue weighted by molar-refractivity contribution is 8.01. The van der Waals surface area contributed by atoms with E-state index in [1.807, 2.05) is 0 Å². The van der Waals surface area contributed by atoms with Crippen LogP contribution in [0.25, 0.3) is 0 Å². The predicted octanol–water partition coefficient (Wildman–Crippen LogP) is 1.80. The molecule has 0 bridgehead atoms. The first kappa shape index (κ1) is 14.2. The standard InChI is InChI=1S/C15H18N2OS.ClH/c18-15(17-8-11-6-16-7-12(11)9-17)14-5-10-3-1-2-4-13(10)19-14;/h1-4,11-12,14,16H,5-9H2;1H/t11-,12+,14?;. The van der Waals surface area contributed by atoms with Gasteiger partial charge in [0.2, 0.25) is 5.91 Å². The van der Waals surface area contributed by atoms with Crippen LogP contribution in [-0.2, 0) is 11.2 Å². The van der Waals surface area contributed by atoms with Crippen molar-refractivity contribution in [3.05, 3.63) is 29.8 Å². The second kappa shape index (κ2) is 5.58. The summed E-state index contributed by atoms with van der Waals surface area (Å²) in [5.41, 5.74) is 1.34. The Bertz CT molecular complexity index is 487. The van der Waals surface area contributed by atoms with Gasteiger partial charge < -0.3 is 10.2 Å². The fourth-order valence-corrected chi connectivity index (χ4v) is 4.84. The lowest BCUT2D eigenvalue weighted by atomic mass is 10.0. The Labute approximate surface area is 129 Å². The lowest BCUT2D eigenvalue weighted by molar-refractivity contribution is -0.129. The third-order valence-corrected chi connectivity index (χ3v) is 5.93. The highest BCUT2D eigenvalue weighted by Crippen LogP contribution is 2.38. The third kappa shape index (κ3) is 2.34. The van der Waals surface area contributed by atoms with Crippen LogP contribution in [0.3, 0.4) is 0 Å². The van der Waals surface area contributed by atoms with Crippen molar-refractivity contribution in [3.8, 4) is 0 Å². The second-order valence-corrected chi connectivity index (χ2v) is 7.08. The average Bonchev–Trinajstić information content (AvgIpc) is 3.10. The quantitative estimate of drug-likeness (QED) is 0.858. The minimum Gasteiger partial charge on any atom is -0.341 e. The highest BCUT2D eigenvalue weighted by Gasteiger charge is 2.41. The van der Waals surface area contributed by atoms with Crippen molar-refractivity contribution in [2.45, 2.75) is 16.6 Å². The zero-order chi connectivity index (χ0) is 12.8. The van der Waals surface area contributed by atoms with E-state index in [0.717, 1.165) is 32.6 Å². The van der Waals surface area contributed by atoms with Crippen molar-refractivity contribution >= 4 is 30.1 Å². The molecule has 0 radical (unpaired) electrons. The smallest absolute Gasteiger partial charge is 0.236 e. The molecule has 3 heterocycles. The van der Waals surface area contributed by atoms with Gasteiger partial charge in [0.05, 0.1) is 5.25 Å². The summed E-state index contributed by atoms with van der Waals surface area (Å²) in [5, 5.41) is 3.54. The highest BCUT2D eigenvalue weighted by atomic mass is 35.5. The van der Waals surface area contributed by atoms with Crippen molar-refractivity contribution in [2.24, 2.45) is 11.8 Å². The normalized spacial score (nSPS) is 30.8. The molecule has 1 aromatic carbocycles. The molecule has 3 atom stereocenters. The Balaban J connectivity index is 0.00000121. The molecule has 108 valence electrons. The number of carbonyl (C=O) groups is 1. The van der Waals surface area contributed by atoms with Gasteiger partial charge in [-0.1, -0.05) is 18.2 Å². The van der Waals surface area contributed by atoms with Crippen LogP contribution in [-0.4, -0.2) is 42.2 Å². The number of amides is 1. The van der Waals surface area contributed by atoms with Crippen molar-refractivity contribution in [1.82, 2.24) is 10.2 Å². The topological polar surface area (TPSA) is 32.3 Å². The monoisotopic (exact) mass is 310 g/mol. The van der Waals surface area contributed by atoms with Crippen molar-refractivity contribution in [3.63, 3.8) is 0 Å². The van der Waals surface area contributed by atoms with E-state index >= 15 is 0 Å². The lowest BCUT2D eigenvalue weighted by Gasteiger charge is -2.20. The van der Waals surface area contributed by atoms with Crippen LogP contribution >= 0.6 is 24.2 Å². The summed E-state index contributed by atoms with van der Waals surface area (Å²) in [6.07, 6.45) is 0.907. The van der Waals surface area contributed by atoms with E-state index < -0.39 is 0 Å². The molecule has 0 aliphatic carbocycles. The number of thioether (sulfide) groups is 1. The van der Waals surface area contributed by atoms with E-state index in [4.69, 9.17) is 0 Å². The molecular weight excluding hydrogens is 292 g/mol. The van der Waals surface area contributed by atoms with Gasteiger partial charge in [-0.15, -0.1) is 24.2 Å². The Hall–Kier alpha value is -0.710. The number of nitrogens with one attached hydrogen (secondary N) is 1. The van der Waals surface area contributed by atoms with E-state index in [2.05, 4.69) is 34.5 Å². The Morgan fingerprint density at radius 1 is 1.20 bits per heavy atom. The molecule has 3 nitrogen and oxygen atoms in total. The molecule has 0 saturated carbocycles. The number of hydrogen-bond acceptors (Lipinski definition) is 3. The molecule has 3 aliphatic heterocycles. The third-order valence-electron chi connectivity index (χ3n) is 4.62. The van der Waals surface area contributed by atoms with Gasteiger partial charge in [-0.25, -0.2) is 0 Å². The molecule has 1 amide bonds. The average molecular weight is 311 g/mol. The van der Waals surface area contributed by atoms with E-state index in [1.165, 1.54) is 10.5 Å². The molecule has 5 heteroatoms. The van der Waals surface area contributed by atoms with Crippen LogP contribution in [0.5, 0.6) is 0 Å². The molecule has 0 aromatic heterocycles. The van der Waals surface area contributed by atoms with Crippen LogP contribution in [0.2, 0.25) is 0 Å². The molecular formula is C15H19ClN2OS. The van der Waals surface area contributed by atoms with Crippen LogP contribution in [0.15, 0.2) is 29.2 Å². The van der Waals surface area contributed by atoms with Gasteiger partial charge in [0.15, 0.2) is 0 Å². The maximum atomic E-state index is 12.6. The number of fused-ring (bicyclic) bond motifs is 2. The van der Waals surface area contributed by atoms with E-state index in [9.17, 15) is 4.79 Å². The molecule has 4 rings (SSSR count). The summed E-state index contributed by atoms with van der Waals surface area (Å²) >= 11 is 1.75. The first-order valence-electron chi connectivity index (χ1n) is 7.05.